The Morgan fingerprint density at radius 2 is 1.29 bits per heavy atom. The SMILES string of the molecule is N#Cc1c(F)cccc1-c1ccc(-c2ccccc2)cc1. The monoisotopic (exact) mass is 273 g/mol. The van der Waals surface area contributed by atoms with Gasteiger partial charge >= 0.3 is 0 Å². The van der Waals surface area contributed by atoms with Crippen molar-refractivity contribution in [3.8, 4) is 28.3 Å². The lowest BCUT2D eigenvalue weighted by Crippen LogP contribution is -1.89. The Morgan fingerprint density at radius 1 is 0.667 bits per heavy atom. The standard InChI is InChI=1S/C19H12FN/c20-19-8-4-7-17(18(19)13-21)16-11-9-15(10-12-16)14-5-2-1-3-6-14/h1-12H. The Hall–Kier alpha value is -2.92. The van der Waals surface area contributed by atoms with Crippen LogP contribution >= 0.6 is 0 Å². The van der Waals surface area contributed by atoms with Crippen molar-refractivity contribution in [2.45, 2.75) is 0 Å². The molecule has 3 aromatic carbocycles. The summed E-state index contributed by atoms with van der Waals surface area (Å²) in [6.45, 7) is 0. The molecular weight excluding hydrogens is 261 g/mol. The van der Waals surface area contributed by atoms with Crippen LogP contribution in [-0.4, -0.2) is 0 Å². The van der Waals surface area contributed by atoms with Gasteiger partial charge in [-0.2, -0.15) is 5.26 Å². The van der Waals surface area contributed by atoms with Crippen LogP contribution in [0.2, 0.25) is 0 Å². The number of nitrogens with zero attached hydrogens (tertiary/aromatic N) is 1. The van der Waals surface area contributed by atoms with Crippen molar-refractivity contribution in [1.82, 2.24) is 0 Å². The molecule has 0 fully saturated rings. The highest BCUT2D eigenvalue weighted by atomic mass is 19.1. The molecule has 1 nitrogen and oxygen atoms in total. The van der Waals surface area contributed by atoms with Crippen LogP contribution in [0, 0.1) is 17.1 Å². The molecule has 3 rings (SSSR count). The summed E-state index contributed by atoms with van der Waals surface area (Å²) >= 11 is 0. The summed E-state index contributed by atoms with van der Waals surface area (Å²) in [7, 11) is 0. The van der Waals surface area contributed by atoms with E-state index in [0.29, 0.717) is 5.56 Å². The first kappa shape index (κ1) is 13.1. The third-order valence-electron chi connectivity index (χ3n) is 3.43. The van der Waals surface area contributed by atoms with Crippen LogP contribution in [0.25, 0.3) is 22.3 Å². The second-order valence-corrected chi connectivity index (χ2v) is 4.72. The van der Waals surface area contributed by atoms with Crippen LogP contribution in [0.1, 0.15) is 5.56 Å². The Kier molecular flexibility index (Phi) is 3.49. The fourth-order valence-corrected chi connectivity index (χ4v) is 2.35. The topological polar surface area (TPSA) is 23.8 Å². The molecule has 0 unspecified atom stereocenters. The molecular formula is C19H12FN. The smallest absolute Gasteiger partial charge is 0.141 e. The number of nitriles is 1. The van der Waals surface area contributed by atoms with E-state index in [0.717, 1.165) is 16.7 Å². The van der Waals surface area contributed by atoms with Gasteiger partial charge in [0.15, 0.2) is 0 Å². The predicted octanol–water partition coefficient (Wildman–Crippen LogP) is 5.03. The van der Waals surface area contributed by atoms with Crippen LogP contribution in [0.3, 0.4) is 0 Å². The average molecular weight is 273 g/mol. The van der Waals surface area contributed by atoms with E-state index in [-0.39, 0.29) is 5.56 Å². The molecule has 0 heterocycles. The van der Waals surface area contributed by atoms with E-state index < -0.39 is 5.82 Å². The van der Waals surface area contributed by atoms with Gasteiger partial charge in [0.1, 0.15) is 11.9 Å². The van der Waals surface area contributed by atoms with E-state index in [1.807, 2.05) is 60.7 Å². The lowest BCUT2D eigenvalue weighted by molar-refractivity contribution is 0.624. The van der Waals surface area contributed by atoms with E-state index in [4.69, 9.17) is 5.26 Å². The van der Waals surface area contributed by atoms with Gasteiger partial charge < -0.3 is 0 Å². The van der Waals surface area contributed by atoms with Crippen molar-refractivity contribution in [2.24, 2.45) is 0 Å². The van der Waals surface area contributed by atoms with Gasteiger partial charge in [0.05, 0.1) is 5.56 Å². The van der Waals surface area contributed by atoms with Gasteiger partial charge in [0, 0.05) is 5.56 Å². The number of hydrogen-bond acceptors (Lipinski definition) is 1. The van der Waals surface area contributed by atoms with Crippen LogP contribution in [0.15, 0.2) is 72.8 Å². The lowest BCUT2D eigenvalue weighted by atomic mass is 9.97. The summed E-state index contributed by atoms with van der Waals surface area (Å²) in [6.07, 6.45) is 0. The van der Waals surface area contributed by atoms with E-state index in [2.05, 4.69) is 0 Å². The molecule has 0 bridgehead atoms. The summed E-state index contributed by atoms with van der Waals surface area (Å²) < 4.78 is 13.7. The Bertz CT molecular complexity index is 799. The third-order valence-corrected chi connectivity index (χ3v) is 3.43. The van der Waals surface area contributed by atoms with Gasteiger partial charge in [-0.15, -0.1) is 0 Å². The molecule has 21 heavy (non-hydrogen) atoms. The van der Waals surface area contributed by atoms with Gasteiger partial charge in [-0.1, -0.05) is 66.7 Å². The number of benzene rings is 3. The summed E-state index contributed by atoms with van der Waals surface area (Å²) in [5, 5.41) is 9.10. The molecule has 0 N–H and O–H groups in total. The largest absolute Gasteiger partial charge is 0.206 e. The predicted molar refractivity (Wildman–Crippen MR) is 82.0 cm³/mol. The minimum atomic E-state index is -0.484. The number of hydrogen-bond donors (Lipinski definition) is 0. The maximum absolute atomic E-state index is 13.7. The second-order valence-electron chi connectivity index (χ2n) is 4.72. The molecule has 0 aliphatic carbocycles. The Labute approximate surface area is 122 Å². The first-order valence-corrected chi connectivity index (χ1v) is 6.64. The number of halogens is 1. The zero-order chi connectivity index (χ0) is 14.7. The van der Waals surface area contributed by atoms with E-state index >= 15 is 0 Å². The minimum absolute atomic E-state index is 0.0879. The quantitative estimate of drug-likeness (QED) is 0.642. The molecule has 0 aliphatic heterocycles. The molecule has 0 atom stereocenters. The van der Waals surface area contributed by atoms with E-state index in [1.165, 1.54) is 6.07 Å². The van der Waals surface area contributed by atoms with Crippen molar-refractivity contribution in [3.63, 3.8) is 0 Å². The lowest BCUT2D eigenvalue weighted by Gasteiger charge is -2.07. The zero-order valence-corrected chi connectivity index (χ0v) is 11.3. The minimum Gasteiger partial charge on any atom is -0.206 e. The molecule has 2 heteroatoms. The highest BCUT2D eigenvalue weighted by molar-refractivity contribution is 5.74. The highest BCUT2D eigenvalue weighted by Gasteiger charge is 2.09. The van der Waals surface area contributed by atoms with Crippen molar-refractivity contribution in [2.75, 3.05) is 0 Å². The van der Waals surface area contributed by atoms with E-state index in [9.17, 15) is 4.39 Å². The van der Waals surface area contributed by atoms with Gasteiger partial charge in [-0.05, 0) is 22.8 Å². The van der Waals surface area contributed by atoms with Crippen molar-refractivity contribution < 1.29 is 4.39 Å². The molecule has 0 saturated heterocycles. The second kappa shape index (κ2) is 5.60. The van der Waals surface area contributed by atoms with Crippen molar-refractivity contribution in [3.05, 3.63) is 84.2 Å². The van der Waals surface area contributed by atoms with Crippen LogP contribution in [0.5, 0.6) is 0 Å². The Morgan fingerprint density at radius 3 is 1.95 bits per heavy atom. The molecule has 0 amide bonds. The first-order chi connectivity index (χ1) is 10.3. The van der Waals surface area contributed by atoms with Gasteiger partial charge in [-0.25, -0.2) is 4.39 Å². The highest BCUT2D eigenvalue weighted by Crippen LogP contribution is 2.28. The first-order valence-electron chi connectivity index (χ1n) is 6.64. The molecule has 0 aromatic heterocycles. The third kappa shape index (κ3) is 2.54. The summed E-state index contributed by atoms with van der Waals surface area (Å²) in [5.41, 5.74) is 3.77. The van der Waals surface area contributed by atoms with Gasteiger partial charge in [0.25, 0.3) is 0 Å². The molecule has 0 radical (unpaired) electrons. The van der Waals surface area contributed by atoms with Crippen LogP contribution in [-0.2, 0) is 0 Å². The van der Waals surface area contributed by atoms with Crippen LogP contribution in [0.4, 0.5) is 4.39 Å². The van der Waals surface area contributed by atoms with Gasteiger partial charge in [-0.3, -0.25) is 0 Å². The van der Waals surface area contributed by atoms with Crippen LogP contribution < -0.4 is 0 Å². The van der Waals surface area contributed by atoms with Crippen molar-refractivity contribution in [1.29, 1.82) is 5.26 Å². The molecule has 0 aliphatic rings. The fraction of sp³-hybridized carbons (Fsp3) is 0. The van der Waals surface area contributed by atoms with Crippen molar-refractivity contribution >= 4 is 0 Å². The summed E-state index contributed by atoms with van der Waals surface area (Å²) in [6, 6.07) is 24.5. The fourth-order valence-electron chi connectivity index (χ4n) is 2.35. The van der Waals surface area contributed by atoms with E-state index in [1.54, 1.807) is 12.1 Å². The maximum atomic E-state index is 13.7. The van der Waals surface area contributed by atoms with Gasteiger partial charge in [0.2, 0.25) is 0 Å². The average Bonchev–Trinajstić information content (AvgIpc) is 2.55. The number of rotatable bonds is 2. The zero-order valence-electron chi connectivity index (χ0n) is 11.3. The normalized spacial score (nSPS) is 10.1. The molecule has 100 valence electrons. The maximum Gasteiger partial charge on any atom is 0.141 e. The molecule has 0 saturated carbocycles. The Balaban J connectivity index is 2.03. The molecule has 3 aromatic rings. The molecule has 0 spiro atoms. The summed E-state index contributed by atoms with van der Waals surface area (Å²) in [5.74, 6) is -0.484. The summed E-state index contributed by atoms with van der Waals surface area (Å²) in [4.78, 5) is 0.